The summed E-state index contributed by atoms with van der Waals surface area (Å²) in [5, 5.41) is 8.87. The third kappa shape index (κ3) is 3.50. The van der Waals surface area contributed by atoms with E-state index in [0.717, 1.165) is 11.3 Å². The van der Waals surface area contributed by atoms with E-state index in [1.54, 1.807) is 0 Å². The smallest absolute Gasteiger partial charge is 0.357 e. The molecule has 0 fully saturated rings. The summed E-state index contributed by atoms with van der Waals surface area (Å²) in [4.78, 5) is 3.19. The third-order valence-corrected chi connectivity index (χ3v) is 2.72. The van der Waals surface area contributed by atoms with Crippen LogP contribution >= 0.6 is 0 Å². The number of ether oxygens (including phenoxy) is 1. The van der Waals surface area contributed by atoms with E-state index in [0.29, 0.717) is 12.3 Å². The van der Waals surface area contributed by atoms with Crippen LogP contribution in [0.3, 0.4) is 0 Å². The molecule has 0 amide bonds. The molecule has 0 saturated carbocycles. The molecule has 17 heavy (non-hydrogen) atoms. The molecular formula is C14H16N2O. The van der Waals surface area contributed by atoms with Crippen LogP contribution in [0, 0.1) is 23.8 Å². The minimum atomic E-state index is 0.0222. The van der Waals surface area contributed by atoms with Crippen molar-refractivity contribution in [2.75, 3.05) is 6.73 Å². The summed E-state index contributed by atoms with van der Waals surface area (Å²) in [7, 11) is 0. The molecule has 0 saturated heterocycles. The minimum absolute atomic E-state index is 0.0222. The largest absolute Gasteiger partial charge is 0.426 e. The highest BCUT2D eigenvalue weighted by atomic mass is 16.5. The van der Waals surface area contributed by atoms with E-state index in [9.17, 15) is 0 Å². The van der Waals surface area contributed by atoms with Crippen molar-refractivity contribution in [2.45, 2.75) is 26.2 Å². The van der Waals surface area contributed by atoms with Crippen LogP contribution in [0.2, 0.25) is 0 Å². The molecular weight excluding hydrogens is 212 g/mol. The fraction of sp³-hybridized carbons (Fsp3) is 0.429. The first-order valence-corrected chi connectivity index (χ1v) is 5.62. The normalized spacial score (nSPS) is 11.6. The number of nitriles is 1. The summed E-state index contributed by atoms with van der Waals surface area (Å²) < 4.78 is 5.40. The van der Waals surface area contributed by atoms with Gasteiger partial charge in [0, 0.05) is 12.3 Å². The first kappa shape index (κ1) is 13.1. The monoisotopic (exact) mass is 228 g/mol. The van der Waals surface area contributed by atoms with Gasteiger partial charge in [0.05, 0.1) is 6.07 Å². The van der Waals surface area contributed by atoms with Crippen LogP contribution in [0.1, 0.15) is 31.7 Å². The van der Waals surface area contributed by atoms with Gasteiger partial charge in [-0.05, 0) is 17.5 Å². The van der Waals surface area contributed by atoms with Crippen molar-refractivity contribution in [3.63, 3.8) is 0 Å². The number of para-hydroxylation sites is 1. The number of hydrogen-bond acceptors (Lipinski definition) is 2. The molecule has 1 atom stereocenters. The second-order valence-electron chi connectivity index (χ2n) is 4.18. The molecule has 1 aromatic carbocycles. The zero-order valence-corrected chi connectivity index (χ0v) is 10.2. The van der Waals surface area contributed by atoms with Crippen LogP contribution in [0.25, 0.3) is 4.85 Å². The molecule has 1 unspecified atom stereocenters. The molecule has 0 N–H and O–H groups in total. The SMILES string of the molecule is [C-]#[N+]COc1ccccc1C(CC#N)C(C)C. The fourth-order valence-corrected chi connectivity index (χ4v) is 1.82. The average molecular weight is 228 g/mol. The molecule has 0 aliphatic carbocycles. The standard InChI is InChI=1S/C14H16N2O/c1-11(2)12(8-9-15)13-6-4-5-7-14(13)17-10-16-3/h4-7,11-12H,8,10H2,1-2H3. The Hall–Kier alpha value is -2.00. The lowest BCUT2D eigenvalue weighted by atomic mass is 9.86. The highest BCUT2D eigenvalue weighted by Crippen LogP contribution is 2.34. The Morgan fingerprint density at radius 3 is 2.71 bits per heavy atom. The van der Waals surface area contributed by atoms with E-state index < -0.39 is 0 Å². The Kier molecular flexibility index (Phi) is 5.04. The Bertz CT molecular complexity index is 440. The summed E-state index contributed by atoms with van der Waals surface area (Å²) >= 11 is 0. The maximum absolute atomic E-state index is 8.87. The molecule has 0 spiro atoms. The van der Waals surface area contributed by atoms with Crippen molar-refractivity contribution in [2.24, 2.45) is 5.92 Å². The van der Waals surface area contributed by atoms with Gasteiger partial charge in [0.1, 0.15) is 5.75 Å². The Labute approximate surface area is 102 Å². The van der Waals surface area contributed by atoms with E-state index >= 15 is 0 Å². The summed E-state index contributed by atoms with van der Waals surface area (Å²) in [6, 6.07) is 9.86. The maximum atomic E-state index is 8.87. The van der Waals surface area contributed by atoms with Crippen LogP contribution in [0.15, 0.2) is 24.3 Å². The van der Waals surface area contributed by atoms with Gasteiger partial charge in [-0.1, -0.05) is 32.0 Å². The van der Waals surface area contributed by atoms with Crippen LogP contribution in [-0.4, -0.2) is 6.73 Å². The van der Waals surface area contributed by atoms with E-state index in [-0.39, 0.29) is 12.6 Å². The van der Waals surface area contributed by atoms with Gasteiger partial charge in [0.2, 0.25) is 0 Å². The molecule has 1 aromatic rings. The molecule has 0 aliphatic rings. The molecule has 0 radical (unpaired) electrons. The van der Waals surface area contributed by atoms with Crippen LogP contribution in [0.5, 0.6) is 5.75 Å². The van der Waals surface area contributed by atoms with Gasteiger partial charge in [0.25, 0.3) is 0 Å². The predicted octanol–water partition coefficient (Wildman–Crippen LogP) is 3.60. The number of nitrogens with zero attached hydrogens (tertiary/aromatic N) is 2. The lowest BCUT2D eigenvalue weighted by Crippen LogP contribution is -2.08. The third-order valence-electron chi connectivity index (χ3n) is 2.72. The van der Waals surface area contributed by atoms with Crippen molar-refractivity contribution in [1.29, 1.82) is 5.26 Å². The summed E-state index contributed by atoms with van der Waals surface area (Å²) in [6.07, 6.45) is 0.468. The van der Waals surface area contributed by atoms with Crippen molar-refractivity contribution in [3.05, 3.63) is 41.2 Å². The molecule has 0 heterocycles. The topological polar surface area (TPSA) is 37.4 Å². The Balaban J connectivity index is 3.02. The van der Waals surface area contributed by atoms with Gasteiger partial charge < -0.3 is 4.74 Å². The zero-order valence-electron chi connectivity index (χ0n) is 10.2. The maximum Gasteiger partial charge on any atom is 0.357 e. The fourth-order valence-electron chi connectivity index (χ4n) is 1.82. The highest BCUT2D eigenvalue weighted by Gasteiger charge is 2.19. The highest BCUT2D eigenvalue weighted by molar-refractivity contribution is 5.37. The molecule has 0 bridgehead atoms. The lowest BCUT2D eigenvalue weighted by molar-refractivity contribution is 0.349. The van der Waals surface area contributed by atoms with Gasteiger partial charge in [-0.2, -0.15) is 5.26 Å². The molecule has 3 heteroatoms. The first-order chi connectivity index (χ1) is 8.20. The summed E-state index contributed by atoms with van der Waals surface area (Å²) in [5.41, 5.74) is 1.02. The summed E-state index contributed by atoms with van der Waals surface area (Å²) in [5.74, 6) is 1.24. The summed E-state index contributed by atoms with van der Waals surface area (Å²) in [6.45, 7) is 10.9. The molecule has 0 aliphatic heterocycles. The van der Waals surface area contributed by atoms with Crippen molar-refractivity contribution in [1.82, 2.24) is 0 Å². The van der Waals surface area contributed by atoms with Gasteiger partial charge in [-0.25, -0.2) is 6.57 Å². The Morgan fingerprint density at radius 1 is 1.41 bits per heavy atom. The van der Waals surface area contributed by atoms with Gasteiger partial charge >= 0.3 is 6.73 Å². The van der Waals surface area contributed by atoms with Crippen LogP contribution in [-0.2, 0) is 0 Å². The van der Waals surface area contributed by atoms with E-state index in [1.165, 1.54) is 0 Å². The molecule has 0 aromatic heterocycles. The van der Waals surface area contributed by atoms with E-state index in [1.807, 2.05) is 24.3 Å². The van der Waals surface area contributed by atoms with Crippen molar-refractivity contribution < 1.29 is 4.74 Å². The average Bonchev–Trinajstić information content (AvgIpc) is 2.33. The number of benzene rings is 1. The van der Waals surface area contributed by atoms with Crippen molar-refractivity contribution in [3.8, 4) is 11.8 Å². The second kappa shape index (κ2) is 6.55. The van der Waals surface area contributed by atoms with Gasteiger partial charge in [0.15, 0.2) is 0 Å². The number of rotatable bonds is 5. The van der Waals surface area contributed by atoms with E-state index in [4.69, 9.17) is 16.6 Å². The lowest BCUT2D eigenvalue weighted by Gasteiger charge is -2.20. The van der Waals surface area contributed by atoms with Gasteiger partial charge in [-0.3, -0.25) is 4.85 Å². The molecule has 88 valence electrons. The molecule has 1 rings (SSSR count). The quantitative estimate of drug-likeness (QED) is 0.722. The van der Waals surface area contributed by atoms with E-state index in [2.05, 4.69) is 24.8 Å². The van der Waals surface area contributed by atoms with Crippen LogP contribution < -0.4 is 4.74 Å². The van der Waals surface area contributed by atoms with Crippen molar-refractivity contribution >= 4 is 0 Å². The minimum Gasteiger partial charge on any atom is -0.426 e. The second-order valence-corrected chi connectivity index (χ2v) is 4.18. The number of hydrogen-bond donors (Lipinski definition) is 0. The van der Waals surface area contributed by atoms with Gasteiger partial charge in [-0.15, -0.1) is 0 Å². The Morgan fingerprint density at radius 2 is 2.12 bits per heavy atom. The molecule has 3 nitrogen and oxygen atoms in total. The predicted molar refractivity (Wildman–Crippen MR) is 66.3 cm³/mol. The first-order valence-electron chi connectivity index (χ1n) is 5.62. The zero-order chi connectivity index (χ0) is 12.7. The van der Waals surface area contributed by atoms with Crippen LogP contribution in [0.4, 0.5) is 0 Å².